The Hall–Kier alpha value is -2.95. The van der Waals surface area contributed by atoms with E-state index in [2.05, 4.69) is 4.74 Å². The number of methoxy groups -OCH3 is 1. The van der Waals surface area contributed by atoms with E-state index in [1.165, 1.54) is 19.2 Å². The van der Waals surface area contributed by atoms with Gasteiger partial charge in [-0.15, -0.1) is 0 Å². The van der Waals surface area contributed by atoms with Crippen molar-refractivity contribution >= 4 is 23.2 Å². The minimum atomic E-state index is -0.644. The largest absolute Gasteiger partial charge is 0.465 e. The summed E-state index contributed by atoms with van der Waals surface area (Å²) >= 11 is 0. The van der Waals surface area contributed by atoms with Gasteiger partial charge in [-0.05, 0) is 12.1 Å². The number of ketones is 2. The van der Waals surface area contributed by atoms with Crippen molar-refractivity contribution < 1.29 is 19.1 Å². The lowest BCUT2D eigenvalue weighted by molar-refractivity contribution is 0.0601. The van der Waals surface area contributed by atoms with Crippen LogP contribution in [0.15, 0.2) is 36.4 Å². The van der Waals surface area contributed by atoms with Gasteiger partial charge in [0.25, 0.3) is 0 Å². The molecule has 0 bridgehead atoms. The highest BCUT2D eigenvalue weighted by Gasteiger charge is 2.32. The molecule has 0 atom stereocenters. The number of hydrogen-bond acceptors (Lipinski definition) is 5. The first-order valence-electron chi connectivity index (χ1n) is 6.25. The summed E-state index contributed by atoms with van der Waals surface area (Å²) < 4.78 is 4.62. The van der Waals surface area contributed by atoms with E-state index in [-0.39, 0.29) is 33.9 Å². The van der Waals surface area contributed by atoms with Gasteiger partial charge in [-0.2, -0.15) is 0 Å². The van der Waals surface area contributed by atoms with Crippen LogP contribution in [0.25, 0.3) is 0 Å². The molecule has 0 saturated heterocycles. The van der Waals surface area contributed by atoms with E-state index in [1.807, 2.05) is 0 Å². The molecule has 3 rings (SSSR count). The van der Waals surface area contributed by atoms with Crippen molar-refractivity contribution in [1.82, 2.24) is 0 Å². The predicted molar refractivity (Wildman–Crippen MR) is 75.5 cm³/mol. The van der Waals surface area contributed by atoms with Gasteiger partial charge in [-0.3, -0.25) is 9.59 Å². The van der Waals surface area contributed by atoms with Crippen LogP contribution in [0.1, 0.15) is 42.2 Å². The summed E-state index contributed by atoms with van der Waals surface area (Å²) in [6.07, 6.45) is 0. The molecule has 0 aliphatic heterocycles. The molecule has 5 heteroatoms. The van der Waals surface area contributed by atoms with Gasteiger partial charge in [-0.25, -0.2) is 4.79 Å². The van der Waals surface area contributed by atoms with Crippen molar-refractivity contribution in [3.8, 4) is 0 Å². The molecule has 1 aliphatic rings. The highest BCUT2D eigenvalue weighted by molar-refractivity contribution is 6.30. The second kappa shape index (κ2) is 4.56. The van der Waals surface area contributed by atoms with E-state index in [4.69, 9.17) is 5.73 Å². The lowest BCUT2D eigenvalue weighted by Crippen LogP contribution is -2.23. The van der Waals surface area contributed by atoms with Gasteiger partial charge in [0.1, 0.15) is 0 Å². The van der Waals surface area contributed by atoms with Gasteiger partial charge < -0.3 is 10.5 Å². The van der Waals surface area contributed by atoms with Crippen molar-refractivity contribution in [2.45, 2.75) is 0 Å². The Bertz CT molecular complexity index is 808. The summed E-state index contributed by atoms with van der Waals surface area (Å²) in [6, 6.07) is 9.38. The van der Waals surface area contributed by atoms with Crippen LogP contribution in [0, 0.1) is 0 Å². The average molecular weight is 281 g/mol. The Kier molecular flexibility index (Phi) is 2.83. The Labute approximate surface area is 120 Å². The van der Waals surface area contributed by atoms with E-state index in [0.29, 0.717) is 11.1 Å². The molecule has 0 spiro atoms. The third kappa shape index (κ3) is 1.74. The number of carbonyl (C=O) groups is 3. The molecule has 0 saturated carbocycles. The Morgan fingerprint density at radius 2 is 1.57 bits per heavy atom. The number of nitrogens with two attached hydrogens (primary N) is 1. The van der Waals surface area contributed by atoms with Gasteiger partial charge in [0.15, 0.2) is 11.6 Å². The molecular formula is C16H11NO4. The Balaban J connectivity index is 2.29. The van der Waals surface area contributed by atoms with E-state index in [1.54, 1.807) is 24.3 Å². The summed E-state index contributed by atoms with van der Waals surface area (Å²) in [6.45, 7) is 0. The summed E-state index contributed by atoms with van der Waals surface area (Å²) in [5.41, 5.74) is 6.90. The van der Waals surface area contributed by atoms with Gasteiger partial charge >= 0.3 is 5.97 Å². The molecule has 0 fully saturated rings. The fraction of sp³-hybridized carbons (Fsp3) is 0.0625. The number of carbonyl (C=O) groups excluding carboxylic acids is 3. The maximum absolute atomic E-state index is 12.6. The number of nitrogen functional groups attached to an aromatic ring is 1. The standard InChI is InChI=1S/C16H11NO4/c1-21-16(20)11-7-6-10-12(13(11)17)15(19)9-5-3-2-4-8(9)14(10)18/h2-7H,17H2,1H3. The third-order valence-electron chi connectivity index (χ3n) is 3.54. The predicted octanol–water partition coefficient (Wildman–Crippen LogP) is 1.83. The van der Waals surface area contributed by atoms with Crippen molar-refractivity contribution in [2.24, 2.45) is 0 Å². The van der Waals surface area contributed by atoms with Crippen LogP contribution >= 0.6 is 0 Å². The van der Waals surface area contributed by atoms with E-state index < -0.39 is 5.97 Å². The number of rotatable bonds is 1. The number of fused-ring (bicyclic) bond motifs is 2. The van der Waals surface area contributed by atoms with Crippen LogP contribution in [0.4, 0.5) is 5.69 Å². The van der Waals surface area contributed by atoms with Gasteiger partial charge in [0.2, 0.25) is 0 Å². The molecule has 2 aromatic carbocycles. The molecule has 1 aliphatic carbocycles. The van der Waals surface area contributed by atoms with Crippen LogP contribution in [0.5, 0.6) is 0 Å². The quantitative estimate of drug-likeness (QED) is 0.543. The highest BCUT2D eigenvalue weighted by Crippen LogP contribution is 2.32. The smallest absolute Gasteiger partial charge is 0.339 e. The minimum absolute atomic E-state index is 0.0211. The maximum Gasteiger partial charge on any atom is 0.339 e. The summed E-state index contributed by atoms with van der Waals surface area (Å²) in [5.74, 6) is -1.28. The van der Waals surface area contributed by atoms with E-state index >= 15 is 0 Å². The Morgan fingerprint density at radius 3 is 2.19 bits per heavy atom. The second-order valence-corrected chi connectivity index (χ2v) is 4.64. The van der Waals surface area contributed by atoms with E-state index in [9.17, 15) is 14.4 Å². The molecule has 0 amide bonds. The summed E-state index contributed by atoms with van der Waals surface area (Å²) in [7, 11) is 1.23. The maximum atomic E-state index is 12.6. The first-order chi connectivity index (χ1) is 10.1. The molecule has 0 radical (unpaired) electrons. The number of anilines is 1. The van der Waals surface area contributed by atoms with Gasteiger partial charge in [-0.1, -0.05) is 24.3 Å². The summed E-state index contributed by atoms with van der Waals surface area (Å²) in [4.78, 5) is 36.6. The molecule has 0 aromatic heterocycles. The Morgan fingerprint density at radius 1 is 0.952 bits per heavy atom. The van der Waals surface area contributed by atoms with Crippen LogP contribution in [-0.2, 0) is 4.74 Å². The van der Waals surface area contributed by atoms with Gasteiger partial charge in [0, 0.05) is 16.7 Å². The number of ether oxygens (including phenoxy) is 1. The highest BCUT2D eigenvalue weighted by atomic mass is 16.5. The van der Waals surface area contributed by atoms with Crippen LogP contribution in [0.3, 0.4) is 0 Å². The van der Waals surface area contributed by atoms with Gasteiger partial charge in [0.05, 0.1) is 23.9 Å². The fourth-order valence-electron chi connectivity index (χ4n) is 2.50. The normalized spacial score (nSPS) is 12.6. The van der Waals surface area contributed by atoms with Crippen LogP contribution < -0.4 is 5.73 Å². The SMILES string of the molecule is COC(=O)c1ccc2c(c1N)C(=O)c1ccccc1C2=O. The zero-order valence-electron chi connectivity index (χ0n) is 11.2. The zero-order valence-corrected chi connectivity index (χ0v) is 11.2. The van der Waals surface area contributed by atoms with Crippen molar-refractivity contribution in [2.75, 3.05) is 12.8 Å². The molecule has 0 heterocycles. The average Bonchev–Trinajstić information content (AvgIpc) is 2.51. The first kappa shape index (κ1) is 13.1. The lowest BCUT2D eigenvalue weighted by atomic mass is 9.82. The number of hydrogen-bond donors (Lipinski definition) is 1. The topological polar surface area (TPSA) is 86.5 Å². The van der Waals surface area contributed by atoms with Crippen molar-refractivity contribution in [1.29, 1.82) is 0 Å². The molecule has 21 heavy (non-hydrogen) atoms. The molecule has 104 valence electrons. The fourth-order valence-corrected chi connectivity index (χ4v) is 2.50. The second-order valence-electron chi connectivity index (χ2n) is 4.64. The lowest BCUT2D eigenvalue weighted by Gasteiger charge is -2.19. The minimum Gasteiger partial charge on any atom is -0.465 e. The number of esters is 1. The third-order valence-corrected chi connectivity index (χ3v) is 3.54. The molecule has 5 nitrogen and oxygen atoms in total. The molecular weight excluding hydrogens is 270 g/mol. The first-order valence-corrected chi connectivity index (χ1v) is 6.25. The molecule has 2 aromatic rings. The van der Waals surface area contributed by atoms with Crippen LogP contribution in [-0.4, -0.2) is 24.6 Å². The molecule has 0 unspecified atom stereocenters. The monoisotopic (exact) mass is 281 g/mol. The number of benzene rings is 2. The van der Waals surface area contributed by atoms with E-state index in [0.717, 1.165) is 0 Å². The zero-order chi connectivity index (χ0) is 15.1. The molecule has 2 N–H and O–H groups in total. The van der Waals surface area contributed by atoms with Crippen LogP contribution in [0.2, 0.25) is 0 Å². The van der Waals surface area contributed by atoms with Crippen molar-refractivity contribution in [3.63, 3.8) is 0 Å². The summed E-state index contributed by atoms with van der Waals surface area (Å²) in [5, 5.41) is 0. The van der Waals surface area contributed by atoms with Crippen molar-refractivity contribution in [3.05, 3.63) is 64.2 Å².